The van der Waals surface area contributed by atoms with E-state index < -0.39 is 23.8 Å². The Kier molecular flexibility index (Phi) is 16.0. The Morgan fingerprint density at radius 2 is 1.60 bits per heavy atom. The number of rotatable bonds is 12. The molecule has 0 bridgehead atoms. The molecule has 1 aliphatic heterocycles. The number of tetrazole rings is 1. The van der Waals surface area contributed by atoms with Gasteiger partial charge in [-0.25, -0.2) is 9.59 Å². The molecule has 2 aromatic carbocycles. The first-order valence-corrected chi connectivity index (χ1v) is 20.5. The molecule has 4 aromatic rings. The summed E-state index contributed by atoms with van der Waals surface area (Å²) in [4.78, 5) is 78.1. The Bertz CT molecular complexity index is 2140. The summed E-state index contributed by atoms with van der Waals surface area (Å²) in [5, 5.41) is 41.9. The van der Waals surface area contributed by atoms with Gasteiger partial charge >= 0.3 is 12.2 Å². The number of aromatic amines is 1. The molecule has 3 heterocycles. The second-order valence-electron chi connectivity index (χ2n) is 16.4. The molecule has 330 valence electrons. The van der Waals surface area contributed by atoms with Gasteiger partial charge in [0, 0.05) is 61.0 Å². The molecule has 2 fully saturated rings. The summed E-state index contributed by atoms with van der Waals surface area (Å²) in [6, 6.07) is 15.4. The van der Waals surface area contributed by atoms with E-state index in [2.05, 4.69) is 46.9 Å². The number of pyridine rings is 1. The zero-order valence-electron chi connectivity index (χ0n) is 35.2. The van der Waals surface area contributed by atoms with Crippen molar-refractivity contribution in [1.82, 2.24) is 46.5 Å². The number of likely N-dealkylation sites (tertiary alicyclic amines) is 1. The van der Waals surface area contributed by atoms with Crippen molar-refractivity contribution in [2.75, 3.05) is 25.0 Å². The lowest BCUT2D eigenvalue weighted by atomic mass is 9.81. The number of carbonyl (C=O) groups is 6. The van der Waals surface area contributed by atoms with Crippen LogP contribution in [0.4, 0.5) is 15.3 Å². The predicted octanol–water partition coefficient (Wildman–Crippen LogP) is 4.81. The lowest BCUT2D eigenvalue weighted by molar-refractivity contribution is -0.130. The van der Waals surface area contributed by atoms with E-state index in [0.29, 0.717) is 56.8 Å². The molecule has 19 nitrogen and oxygen atoms in total. The van der Waals surface area contributed by atoms with Gasteiger partial charge in [0.25, 0.3) is 12.4 Å². The molecule has 6 rings (SSSR count). The van der Waals surface area contributed by atoms with E-state index in [-0.39, 0.29) is 54.2 Å². The van der Waals surface area contributed by atoms with Crippen molar-refractivity contribution in [3.05, 3.63) is 77.6 Å². The highest BCUT2D eigenvalue weighted by atomic mass is 16.6. The van der Waals surface area contributed by atoms with E-state index in [1.807, 2.05) is 52.0 Å². The SMILES string of the molecule is Cc1cc(C(=O)NC2CCN(C(=O)O)CC2)ncc1-c1ccc(C[C@H](NC(=O)C2CCC(CNC(=O)OC(C)(C)C)CC2)C(=O)Nc2ccc(-c3nn[nH]n3)cc2)cc1.O=CO. The Balaban J connectivity index is 0.00000235. The number of H-pyrrole nitrogens is 1. The van der Waals surface area contributed by atoms with Gasteiger partial charge in [-0.1, -0.05) is 24.3 Å². The fourth-order valence-corrected chi connectivity index (χ4v) is 7.40. The summed E-state index contributed by atoms with van der Waals surface area (Å²) >= 11 is 0. The third-order valence-corrected chi connectivity index (χ3v) is 10.7. The van der Waals surface area contributed by atoms with E-state index in [9.17, 15) is 29.1 Å². The maximum absolute atomic E-state index is 13.9. The number of alkyl carbamates (subject to hydrolysis) is 1. The summed E-state index contributed by atoms with van der Waals surface area (Å²) in [7, 11) is 0. The number of anilines is 1. The molecule has 1 aliphatic carbocycles. The average molecular weight is 855 g/mol. The number of hydrogen-bond donors (Lipinski definition) is 7. The first kappa shape index (κ1) is 46.2. The van der Waals surface area contributed by atoms with Crippen LogP contribution >= 0.6 is 0 Å². The van der Waals surface area contributed by atoms with Gasteiger partial charge in [0.15, 0.2) is 0 Å². The van der Waals surface area contributed by atoms with Crippen LogP contribution in [-0.4, -0.2) is 114 Å². The van der Waals surface area contributed by atoms with Gasteiger partial charge in [0.2, 0.25) is 17.6 Å². The Labute approximate surface area is 358 Å². The average Bonchev–Trinajstić information content (AvgIpc) is 3.79. The standard InChI is InChI=1S/C42H52N10O7.CH2O2/c1-25-21-34(38(54)46-32-17-19-52(20-18-32)41(57)58)43-24-33(25)28-9-5-26(6-10-28)22-35(39(55)45-31-15-13-29(14-16-31)36-48-50-51-49-36)47-37(53)30-11-7-27(8-12-30)23-44-40(56)59-42(2,3)4;2-1-3/h5-6,9-10,13-16,21,24,27,30,32,35H,7-8,11-12,17-20,22-23H2,1-4H3,(H,44,56)(H,45,55)(H,46,54)(H,47,53)(H,57,58)(H,48,49,50,51);1H,(H,2,3)/t27?,30?,35-;/m0./s1. The molecule has 0 unspecified atom stereocenters. The zero-order valence-corrected chi connectivity index (χ0v) is 35.2. The monoisotopic (exact) mass is 854 g/mol. The van der Waals surface area contributed by atoms with Crippen LogP contribution in [0.15, 0.2) is 60.8 Å². The summed E-state index contributed by atoms with van der Waals surface area (Å²) < 4.78 is 5.35. The molecule has 62 heavy (non-hydrogen) atoms. The van der Waals surface area contributed by atoms with Gasteiger partial charge in [0.05, 0.1) is 0 Å². The largest absolute Gasteiger partial charge is 0.483 e. The van der Waals surface area contributed by atoms with E-state index in [4.69, 9.17) is 14.6 Å². The minimum absolute atomic E-state index is 0.124. The molecule has 1 saturated heterocycles. The van der Waals surface area contributed by atoms with Crippen LogP contribution in [0.5, 0.6) is 0 Å². The van der Waals surface area contributed by atoms with Crippen molar-refractivity contribution >= 4 is 42.1 Å². The van der Waals surface area contributed by atoms with E-state index in [1.165, 1.54) is 4.90 Å². The first-order valence-electron chi connectivity index (χ1n) is 20.5. The number of ether oxygens (including phenoxy) is 1. The number of piperidine rings is 1. The van der Waals surface area contributed by atoms with Crippen molar-refractivity contribution < 1.29 is 43.7 Å². The number of nitrogens with one attached hydrogen (secondary N) is 5. The van der Waals surface area contributed by atoms with Gasteiger partial charge < -0.3 is 41.1 Å². The van der Waals surface area contributed by atoms with Crippen LogP contribution in [0.1, 0.15) is 80.9 Å². The van der Waals surface area contributed by atoms with Crippen molar-refractivity contribution in [1.29, 1.82) is 0 Å². The zero-order chi connectivity index (χ0) is 44.8. The van der Waals surface area contributed by atoms with Crippen molar-refractivity contribution in [2.45, 2.75) is 90.3 Å². The molecule has 0 radical (unpaired) electrons. The van der Waals surface area contributed by atoms with Gasteiger partial charge in [-0.3, -0.25) is 24.2 Å². The number of carbonyl (C=O) groups excluding carboxylic acids is 4. The molecule has 2 aliphatic rings. The van der Waals surface area contributed by atoms with Crippen LogP contribution in [0.3, 0.4) is 0 Å². The highest BCUT2D eigenvalue weighted by Crippen LogP contribution is 2.29. The number of amides is 5. The van der Waals surface area contributed by atoms with Crippen LogP contribution in [0.2, 0.25) is 0 Å². The van der Waals surface area contributed by atoms with Gasteiger partial charge in [-0.2, -0.15) is 5.21 Å². The first-order chi connectivity index (χ1) is 29.6. The molecule has 1 saturated carbocycles. The molecule has 7 N–H and O–H groups in total. The van der Waals surface area contributed by atoms with E-state index in [0.717, 1.165) is 40.7 Å². The molecule has 1 atom stereocenters. The lowest BCUT2D eigenvalue weighted by Crippen LogP contribution is -2.48. The number of nitrogens with zero attached hydrogens (tertiary/aromatic N) is 5. The maximum atomic E-state index is 13.9. The van der Waals surface area contributed by atoms with Gasteiger partial charge in [-0.05, 0) is 124 Å². The smallest absolute Gasteiger partial charge is 0.407 e. The lowest BCUT2D eigenvalue weighted by Gasteiger charge is -2.30. The van der Waals surface area contributed by atoms with Crippen LogP contribution in [-0.2, 0) is 25.5 Å². The van der Waals surface area contributed by atoms with E-state index in [1.54, 1.807) is 36.5 Å². The van der Waals surface area contributed by atoms with Crippen LogP contribution in [0, 0.1) is 18.8 Å². The van der Waals surface area contributed by atoms with Crippen molar-refractivity contribution in [2.24, 2.45) is 11.8 Å². The fraction of sp³-hybridized carbons (Fsp3) is 0.442. The third kappa shape index (κ3) is 13.5. The predicted molar refractivity (Wildman–Crippen MR) is 227 cm³/mol. The Morgan fingerprint density at radius 3 is 2.18 bits per heavy atom. The molecule has 5 amide bonds. The Hall–Kier alpha value is -6.92. The number of hydrogen-bond acceptors (Lipinski definition) is 11. The third-order valence-electron chi connectivity index (χ3n) is 10.7. The molecule has 2 aromatic heterocycles. The number of benzene rings is 2. The maximum Gasteiger partial charge on any atom is 0.407 e. The molecule has 19 heteroatoms. The van der Waals surface area contributed by atoms with E-state index >= 15 is 0 Å². The van der Waals surface area contributed by atoms with Crippen LogP contribution in [0.25, 0.3) is 22.5 Å². The minimum Gasteiger partial charge on any atom is -0.483 e. The summed E-state index contributed by atoms with van der Waals surface area (Å²) in [5.74, 6) is -0.490. The minimum atomic E-state index is -0.953. The normalized spacial score (nSPS) is 17.0. The van der Waals surface area contributed by atoms with Crippen LogP contribution < -0.4 is 21.3 Å². The van der Waals surface area contributed by atoms with Crippen molar-refractivity contribution in [3.8, 4) is 22.5 Å². The number of carboxylic acid groups (broad SMARTS) is 2. The second-order valence-corrected chi connectivity index (χ2v) is 16.4. The highest BCUT2D eigenvalue weighted by molar-refractivity contribution is 5.98. The fourth-order valence-electron chi connectivity index (χ4n) is 7.40. The topological polar surface area (TPSA) is 271 Å². The van der Waals surface area contributed by atoms with Crippen molar-refractivity contribution in [3.63, 3.8) is 0 Å². The quantitative estimate of drug-likeness (QED) is 0.0945. The molecular formula is C43H54N10O9. The summed E-state index contributed by atoms with van der Waals surface area (Å²) in [5.41, 5.74) is 4.35. The number of aromatic nitrogens is 5. The summed E-state index contributed by atoms with van der Waals surface area (Å²) in [6.45, 7) is 8.32. The molecular weight excluding hydrogens is 801 g/mol. The summed E-state index contributed by atoms with van der Waals surface area (Å²) in [6.07, 6.45) is 4.35. The number of aryl methyl sites for hydroxylation is 1. The van der Waals surface area contributed by atoms with Gasteiger partial charge in [0.1, 0.15) is 17.3 Å². The Morgan fingerprint density at radius 1 is 0.952 bits per heavy atom. The second kappa shape index (κ2) is 21.6. The molecule has 0 spiro atoms. The van der Waals surface area contributed by atoms with Gasteiger partial charge in [-0.15, -0.1) is 10.2 Å². The highest BCUT2D eigenvalue weighted by Gasteiger charge is 2.31.